The maximum Gasteiger partial charge on any atom is 0.252 e. The number of rotatable bonds is 5. The second-order valence-corrected chi connectivity index (χ2v) is 9.20. The fraction of sp³-hybridized carbons (Fsp3) is 0.609. The van der Waals surface area contributed by atoms with Crippen LogP contribution in [0, 0.1) is 5.82 Å². The van der Waals surface area contributed by atoms with Gasteiger partial charge in [0.15, 0.2) is 0 Å². The lowest BCUT2D eigenvalue weighted by Gasteiger charge is -2.45. The Balaban J connectivity index is 1.57. The van der Waals surface area contributed by atoms with Crippen molar-refractivity contribution in [3.05, 3.63) is 35.6 Å². The van der Waals surface area contributed by atoms with Crippen molar-refractivity contribution in [3.63, 3.8) is 0 Å². The van der Waals surface area contributed by atoms with Gasteiger partial charge in [-0.05, 0) is 57.4 Å². The standard InChI is InChI=1S/C23H33FN4O4/c1-15(29)27-11-13-28(14-12-27)19-6-4-5-18(20(19)30)25-22(32)23(2,3)26-21(31)16-7-9-17(24)10-8-16/h7-10,18-20,30H,4-6,11-14H2,1-3H3,(H,25,32)(H,26,31)/t18-,19-,20-/m1/s1. The third-order valence-electron chi connectivity index (χ3n) is 6.47. The molecule has 3 rings (SSSR count). The van der Waals surface area contributed by atoms with Crippen LogP contribution in [0.4, 0.5) is 4.39 Å². The molecule has 8 nitrogen and oxygen atoms in total. The lowest BCUT2D eigenvalue weighted by molar-refractivity contribution is -0.133. The molecule has 1 aliphatic heterocycles. The molecule has 1 aromatic carbocycles. The lowest BCUT2D eigenvalue weighted by Crippen LogP contribution is -2.63. The maximum absolute atomic E-state index is 13.1. The first kappa shape index (κ1) is 24.1. The van der Waals surface area contributed by atoms with Gasteiger partial charge in [-0.2, -0.15) is 0 Å². The Bertz CT molecular complexity index is 837. The Hall–Kier alpha value is -2.52. The zero-order chi connectivity index (χ0) is 23.5. The van der Waals surface area contributed by atoms with Gasteiger partial charge in [-0.3, -0.25) is 19.3 Å². The average Bonchev–Trinajstić information content (AvgIpc) is 2.75. The summed E-state index contributed by atoms with van der Waals surface area (Å²) in [4.78, 5) is 41.0. The van der Waals surface area contributed by atoms with Crippen LogP contribution in [0.15, 0.2) is 24.3 Å². The first-order chi connectivity index (χ1) is 15.1. The van der Waals surface area contributed by atoms with Crippen LogP contribution in [-0.2, 0) is 9.59 Å². The Morgan fingerprint density at radius 2 is 1.69 bits per heavy atom. The van der Waals surface area contributed by atoms with Crippen molar-refractivity contribution in [1.82, 2.24) is 20.4 Å². The third kappa shape index (κ3) is 5.63. The van der Waals surface area contributed by atoms with E-state index in [4.69, 9.17) is 0 Å². The third-order valence-corrected chi connectivity index (χ3v) is 6.47. The van der Waals surface area contributed by atoms with E-state index in [1.54, 1.807) is 25.7 Å². The summed E-state index contributed by atoms with van der Waals surface area (Å²) in [6.07, 6.45) is 1.61. The van der Waals surface area contributed by atoms with E-state index >= 15 is 0 Å². The van der Waals surface area contributed by atoms with Crippen molar-refractivity contribution in [3.8, 4) is 0 Å². The molecule has 176 valence electrons. The number of hydrogen-bond acceptors (Lipinski definition) is 5. The molecule has 1 aromatic rings. The van der Waals surface area contributed by atoms with Crippen LogP contribution in [0.1, 0.15) is 50.4 Å². The molecule has 1 heterocycles. The molecule has 0 spiro atoms. The average molecular weight is 449 g/mol. The second kappa shape index (κ2) is 9.95. The van der Waals surface area contributed by atoms with Crippen molar-refractivity contribution in [1.29, 1.82) is 0 Å². The number of carbonyl (C=O) groups excluding carboxylic acids is 3. The van der Waals surface area contributed by atoms with Gasteiger partial charge in [-0.25, -0.2) is 4.39 Å². The minimum atomic E-state index is -1.22. The molecular formula is C23H33FN4O4. The van der Waals surface area contributed by atoms with Gasteiger partial charge in [0.05, 0.1) is 12.1 Å². The van der Waals surface area contributed by atoms with E-state index in [0.29, 0.717) is 32.6 Å². The van der Waals surface area contributed by atoms with E-state index in [-0.39, 0.29) is 23.4 Å². The van der Waals surface area contributed by atoms with Gasteiger partial charge in [0, 0.05) is 44.7 Å². The van der Waals surface area contributed by atoms with Gasteiger partial charge in [0.1, 0.15) is 11.4 Å². The molecule has 3 amide bonds. The number of halogens is 1. The van der Waals surface area contributed by atoms with Gasteiger partial charge in [-0.15, -0.1) is 0 Å². The normalized spacial score (nSPS) is 24.7. The smallest absolute Gasteiger partial charge is 0.252 e. The quantitative estimate of drug-likeness (QED) is 0.621. The number of nitrogens with zero attached hydrogens (tertiary/aromatic N) is 2. The summed E-state index contributed by atoms with van der Waals surface area (Å²) in [5.74, 6) is -1.25. The second-order valence-electron chi connectivity index (χ2n) is 9.20. The van der Waals surface area contributed by atoms with Gasteiger partial charge >= 0.3 is 0 Å². The van der Waals surface area contributed by atoms with Crippen LogP contribution < -0.4 is 10.6 Å². The molecule has 32 heavy (non-hydrogen) atoms. The lowest BCUT2D eigenvalue weighted by atomic mass is 9.86. The van der Waals surface area contributed by atoms with Crippen LogP contribution in [-0.4, -0.2) is 82.5 Å². The summed E-state index contributed by atoms with van der Waals surface area (Å²) in [5, 5.41) is 16.6. The molecule has 1 saturated heterocycles. The molecular weight excluding hydrogens is 415 g/mol. The molecule has 3 atom stereocenters. The number of nitrogens with one attached hydrogen (secondary N) is 2. The number of aliphatic hydroxyl groups is 1. The molecule has 2 aliphatic rings. The zero-order valence-corrected chi connectivity index (χ0v) is 18.9. The molecule has 0 radical (unpaired) electrons. The number of benzene rings is 1. The number of hydrogen-bond donors (Lipinski definition) is 3. The monoisotopic (exact) mass is 448 g/mol. The predicted octanol–water partition coefficient (Wildman–Crippen LogP) is 0.896. The summed E-state index contributed by atoms with van der Waals surface area (Å²) in [7, 11) is 0. The Kier molecular flexibility index (Phi) is 7.51. The topological polar surface area (TPSA) is 102 Å². The van der Waals surface area contributed by atoms with Crippen molar-refractivity contribution >= 4 is 17.7 Å². The first-order valence-corrected chi connectivity index (χ1v) is 11.1. The summed E-state index contributed by atoms with van der Waals surface area (Å²) in [5.41, 5.74) is -0.958. The highest BCUT2D eigenvalue weighted by Crippen LogP contribution is 2.25. The molecule has 3 N–H and O–H groups in total. The molecule has 0 unspecified atom stereocenters. The minimum Gasteiger partial charge on any atom is -0.389 e. The van der Waals surface area contributed by atoms with E-state index in [1.807, 2.05) is 0 Å². The number of amides is 3. The Labute approximate surface area is 188 Å². The highest BCUT2D eigenvalue weighted by molar-refractivity contribution is 5.99. The van der Waals surface area contributed by atoms with E-state index in [1.165, 1.54) is 24.3 Å². The zero-order valence-electron chi connectivity index (χ0n) is 18.9. The highest BCUT2D eigenvalue weighted by Gasteiger charge is 2.39. The van der Waals surface area contributed by atoms with Crippen molar-refractivity contribution in [2.45, 2.75) is 63.8 Å². The highest BCUT2D eigenvalue weighted by atomic mass is 19.1. The van der Waals surface area contributed by atoms with Crippen LogP contribution in [0.2, 0.25) is 0 Å². The van der Waals surface area contributed by atoms with Crippen molar-refractivity contribution < 1.29 is 23.9 Å². The maximum atomic E-state index is 13.1. The van der Waals surface area contributed by atoms with Crippen LogP contribution in [0.25, 0.3) is 0 Å². The molecule has 0 aromatic heterocycles. The van der Waals surface area contributed by atoms with E-state index < -0.39 is 29.4 Å². The molecule has 2 fully saturated rings. The van der Waals surface area contributed by atoms with Gasteiger partial charge in [0.2, 0.25) is 11.8 Å². The van der Waals surface area contributed by atoms with Gasteiger partial charge in [-0.1, -0.05) is 0 Å². The molecule has 9 heteroatoms. The largest absolute Gasteiger partial charge is 0.389 e. The summed E-state index contributed by atoms with van der Waals surface area (Å²) in [6.45, 7) is 7.42. The molecule has 1 aliphatic carbocycles. The molecule has 1 saturated carbocycles. The van der Waals surface area contributed by atoms with Crippen LogP contribution in [0.3, 0.4) is 0 Å². The van der Waals surface area contributed by atoms with Crippen molar-refractivity contribution in [2.75, 3.05) is 26.2 Å². The summed E-state index contributed by atoms with van der Waals surface area (Å²) in [6, 6.07) is 4.60. The van der Waals surface area contributed by atoms with Crippen LogP contribution >= 0.6 is 0 Å². The number of piperazine rings is 1. The Morgan fingerprint density at radius 1 is 1.06 bits per heavy atom. The van der Waals surface area contributed by atoms with E-state index in [2.05, 4.69) is 15.5 Å². The fourth-order valence-corrected chi connectivity index (χ4v) is 4.44. The van der Waals surface area contributed by atoms with Gasteiger partial charge < -0.3 is 20.6 Å². The van der Waals surface area contributed by atoms with Crippen molar-refractivity contribution in [2.24, 2.45) is 0 Å². The number of carbonyl (C=O) groups is 3. The predicted molar refractivity (Wildman–Crippen MR) is 117 cm³/mol. The van der Waals surface area contributed by atoms with E-state index in [9.17, 15) is 23.9 Å². The number of aliphatic hydroxyl groups excluding tert-OH is 1. The van der Waals surface area contributed by atoms with Crippen LogP contribution in [0.5, 0.6) is 0 Å². The molecule has 0 bridgehead atoms. The SMILES string of the molecule is CC(=O)N1CCN([C@@H]2CCC[C@@H](NC(=O)C(C)(C)NC(=O)c3ccc(F)cc3)[C@H]2O)CC1. The summed E-state index contributed by atoms with van der Waals surface area (Å²) < 4.78 is 13.1. The van der Waals surface area contributed by atoms with Gasteiger partial charge in [0.25, 0.3) is 5.91 Å². The van der Waals surface area contributed by atoms with E-state index in [0.717, 1.165) is 12.8 Å². The minimum absolute atomic E-state index is 0.0592. The first-order valence-electron chi connectivity index (χ1n) is 11.1. The summed E-state index contributed by atoms with van der Waals surface area (Å²) >= 11 is 0. The Morgan fingerprint density at radius 3 is 2.28 bits per heavy atom. The fourth-order valence-electron chi connectivity index (χ4n) is 4.44.